The Morgan fingerprint density at radius 3 is 2.38 bits per heavy atom. The van der Waals surface area contributed by atoms with Gasteiger partial charge in [-0.2, -0.15) is 13.2 Å². The molecule has 2 aromatic rings. The van der Waals surface area contributed by atoms with Gasteiger partial charge in [0.1, 0.15) is 17.3 Å². The number of hydrogen-bond acceptors (Lipinski definition) is 6. The van der Waals surface area contributed by atoms with Crippen LogP contribution in [0.1, 0.15) is 5.56 Å². The second kappa shape index (κ2) is 7.03. The topological polar surface area (TPSA) is 62.2 Å². The predicted molar refractivity (Wildman–Crippen MR) is 101 cm³/mol. The third kappa shape index (κ3) is 3.58. The maximum absolute atomic E-state index is 13.1. The highest BCUT2D eigenvalue weighted by Crippen LogP contribution is 2.40. The number of ether oxygens (including phenoxy) is 1. The number of likely N-dealkylation sites (N-methyl/N-ethyl adjacent to an activating group) is 1. The van der Waals surface area contributed by atoms with E-state index in [1.165, 1.54) is 6.07 Å². The largest absolute Gasteiger partial charge is 0.501 e. The maximum Gasteiger partial charge on any atom is 0.501 e. The van der Waals surface area contributed by atoms with E-state index < -0.39 is 20.2 Å². The van der Waals surface area contributed by atoms with Gasteiger partial charge in [-0.25, -0.2) is 13.4 Å². The Balaban J connectivity index is 1.88. The average molecular weight is 425 g/mol. The lowest BCUT2D eigenvalue weighted by Crippen LogP contribution is -2.47. The van der Waals surface area contributed by atoms with E-state index in [4.69, 9.17) is 4.74 Å². The summed E-state index contributed by atoms with van der Waals surface area (Å²) in [5, 5.41) is 0. The lowest BCUT2D eigenvalue weighted by Gasteiger charge is -2.34. The van der Waals surface area contributed by atoms with Gasteiger partial charge in [0, 0.05) is 26.2 Å². The fourth-order valence-corrected chi connectivity index (χ4v) is 4.05. The molecule has 1 saturated heterocycles. The lowest BCUT2D eigenvalue weighted by atomic mass is 10.1. The van der Waals surface area contributed by atoms with Crippen LogP contribution in [0.2, 0.25) is 0 Å². The van der Waals surface area contributed by atoms with Crippen molar-refractivity contribution >= 4 is 21.4 Å². The van der Waals surface area contributed by atoms with Gasteiger partial charge in [-0.3, -0.25) is 0 Å². The molecule has 2 aliphatic rings. The van der Waals surface area contributed by atoms with Gasteiger partial charge in [-0.15, -0.1) is 0 Å². The molecule has 0 aliphatic carbocycles. The van der Waals surface area contributed by atoms with Crippen molar-refractivity contribution in [1.29, 1.82) is 0 Å². The van der Waals surface area contributed by atoms with Gasteiger partial charge in [0.2, 0.25) is 0 Å². The van der Waals surface area contributed by atoms with Crippen molar-refractivity contribution in [1.82, 2.24) is 9.80 Å². The minimum atomic E-state index is -5.49. The highest BCUT2D eigenvalue weighted by molar-refractivity contribution is 7.92. The van der Waals surface area contributed by atoms with E-state index in [1.54, 1.807) is 24.3 Å². The van der Waals surface area contributed by atoms with E-state index >= 15 is 0 Å². The second-order valence-electron chi connectivity index (χ2n) is 6.90. The zero-order valence-corrected chi connectivity index (χ0v) is 16.3. The van der Waals surface area contributed by atoms with Gasteiger partial charge in [0.15, 0.2) is 5.75 Å². The molecule has 29 heavy (non-hydrogen) atoms. The van der Waals surface area contributed by atoms with E-state index in [0.29, 0.717) is 30.4 Å². The Bertz CT molecular complexity index is 1080. The first-order chi connectivity index (χ1) is 13.7. The molecule has 0 unspecified atom stereocenters. The van der Waals surface area contributed by atoms with E-state index in [1.807, 2.05) is 11.9 Å². The summed E-state index contributed by atoms with van der Waals surface area (Å²) in [5.74, 6) is 1.11. The number of hydrogen-bond donors (Lipinski definition) is 0. The van der Waals surface area contributed by atoms with Crippen LogP contribution in [0, 0.1) is 0 Å². The van der Waals surface area contributed by atoms with Crippen LogP contribution in [0.5, 0.6) is 11.5 Å². The van der Waals surface area contributed by atoms with Gasteiger partial charge in [-0.05, 0) is 37.4 Å². The summed E-state index contributed by atoms with van der Waals surface area (Å²) in [6.45, 7) is 2.70. The molecule has 0 radical (unpaired) electrons. The average Bonchev–Trinajstić information content (AvgIpc) is 2.84. The molecule has 2 aliphatic heterocycles. The van der Waals surface area contributed by atoms with Gasteiger partial charge in [-0.1, -0.05) is 12.1 Å². The van der Waals surface area contributed by atoms with E-state index in [2.05, 4.69) is 9.89 Å². The Kier molecular flexibility index (Phi) is 4.78. The lowest BCUT2D eigenvalue weighted by molar-refractivity contribution is -0.0436. The quantitative estimate of drug-likeness (QED) is 0.701. The molecule has 0 bridgehead atoms. The normalized spacial score (nSPS) is 17.7. The zero-order chi connectivity index (χ0) is 20.8. The van der Waals surface area contributed by atoms with Gasteiger partial charge < -0.3 is 14.5 Å². The second-order valence-corrected chi connectivity index (χ2v) is 8.84. The van der Waals surface area contributed by atoms with E-state index in [9.17, 15) is 21.6 Å². The van der Waals surface area contributed by atoms with Crippen LogP contribution in [0.3, 0.4) is 0 Å². The number of fused-ring (bicyclic) bond motifs is 2. The van der Waals surface area contributed by atoms with Crippen LogP contribution >= 0.6 is 0 Å². The minimum absolute atomic E-state index is 0.219. The minimum Gasteiger partial charge on any atom is -0.454 e. The van der Waals surface area contributed by atoms with Crippen LogP contribution in [0.15, 0.2) is 52.4 Å². The monoisotopic (exact) mass is 425 g/mol. The molecular formula is C19H18F3N3O3S. The number of nitrogens with zero attached hydrogens (tertiary/aromatic N) is 3. The summed E-state index contributed by atoms with van der Waals surface area (Å²) in [6, 6.07) is 10.2. The number of alkyl halides is 3. The molecule has 2 aromatic carbocycles. The van der Waals surface area contributed by atoms with Crippen LogP contribution < -0.4 is 4.74 Å². The Labute approximate surface area is 166 Å². The molecule has 154 valence electrons. The number of piperazine rings is 1. The van der Waals surface area contributed by atoms with Crippen LogP contribution in [0.4, 0.5) is 18.9 Å². The first kappa shape index (κ1) is 19.7. The van der Waals surface area contributed by atoms with Crippen molar-refractivity contribution in [2.75, 3.05) is 33.2 Å². The first-order valence-electron chi connectivity index (χ1n) is 8.92. The van der Waals surface area contributed by atoms with E-state index in [0.717, 1.165) is 25.2 Å². The fourth-order valence-electron chi connectivity index (χ4n) is 3.26. The van der Waals surface area contributed by atoms with Crippen LogP contribution in [0.25, 0.3) is 0 Å². The third-order valence-electron chi connectivity index (χ3n) is 4.92. The highest BCUT2D eigenvalue weighted by atomic mass is 32.2. The number of rotatable bonds is 1. The standard InChI is InChI=1S/C19H18F3N3O3S/c1-24-8-10-25(11-9-24)18-14-12-13(29(26,27)19(20,21)22)6-7-16(14)28-17-5-3-2-4-15(17)23-18/h2-7,12H,8-11H2,1H3. The molecular weight excluding hydrogens is 407 g/mol. The van der Waals surface area contributed by atoms with Gasteiger partial charge in [0.05, 0.1) is 10.5 Å². The smallest absolute Gasteiger partial charge is 0.454 e. The van der Waals surface area contributed by atoms with Crippen LogP contribution in [-0.2, 0) is 9.84 Å². The van der Waals surface area contributed by atoms with Gasteiger partial charge in [0.25, 0.3) is 9.84 Å². The molecule has 6 nitrogen and oxygen atoms in total. The Morgan fingerprint density at radius 1 is 1.00 bits per heavy atom. The fraction of sp³-hybridized carbons (Fsp3) is 0.316. The number of amidine groups is 1. The summed E-state index contributed by atoms with van der Waals surface area (Å²) < 4.78 is 69.0. The van der Waals surface area contributed by atoms with Crippen molar-refractivity contribution in [2.45, 2.75) is 10.4 Å². The molecule has 0 saturated carbocycles. The molecule has 1 fully saturated rings. The molecule has 0 atom stereocenters. The zero-order valence-electron chi connectivity index (χ0n) is 15.5. The highest BCUT2D eigenvalue weighted by Gasteiger charge is 2.47. The molecule has 10 heteroatoms. The predicted octanol–water partition coefficient (Wildman–Crippen LogP) is 3.41. The Morgan fingerprint density at radius 2 is 1.69 bits per heavy atom. The molecule has 4 rings (SSSR count). The number of aliphatic imine (C=N–C) groups is 1. The number of benzene rings is 2. The molecule has 0 amide bonds. The number of para-hydroxylation sites is 2. The summed E-state index contributed by atoms with van der Waals surface area (Å²) in [7, 11) is -3.51. The van der Waals surface area contributed by atoms with Crippen molar-refractivity contribution in [3.63, 3.8) is 0 Å². The van der Waals surface area contributed by atoms with Gasteiger partial charge >= 0.3 is 5.51 Å². The molecule has 2 heterocycles. The summed E-state index contributed by atoms with van der Waals surface area (Å²) in [5.41, 5.74) is -4.64. The maximum atomic E-state index is 13.1. The first-order valence-corrected chi connectivity index (χ1v) is 10.4. The molecule has 0 aromatic heterocycles. The van der Waals surface area contributed by atoms with E-state index in [-0.39, 0.29) is 11.3 Å². The van der Waals surface area contributed by atoms with Crippen LogP contribution in [-0.4, -0.2) is 62.8 Å². The van der Waals surface area contributed by atoms with Crippen molar-refractivity contribution in [3.05, 3.63) is 48.0 Å². The summed E-state index contributed by atoms with van der Waals surface area (Å²) >= 11 is 0. The summed E-state index contributed by atoms with van der Waals surface area (Å²) in [4.78, 5) is 7.87. The molecule has 0 N–H and O–H groups in total. The summed E-state index contributed by atoms with van der Waals surface area (Å²) in [6.07, 6.45) is 0. The number of sulfone groups is 1. The van der Waals surface area contributed by atoms with Crippen molar-refractivity contribution in [2.24, 2.45) is 4.99 Å². The number of halogens is 3. The SMILES string of the molecule is CN1CCN(C2=Nc3ccccc3Oc3ccc(S(=O)(=O)C(F)(F)F)cc32)CC1. The van der Waals surface area contributed by atoms with Crippen molar-refractivity contribution < 1.29 is 26.3 Å². The molecule has 0 spiro atoms. The van der Waals surface area contributed by atoms with Crippen molar-refractivity contribution in [3.8, 4) is 11.5 Å². The Hall–Kier alpha value is -2.59. The third-order valence-corrected chi connectivity index (χ3v) is 6.41.